The van der Waals surface area contributed by atoms with Crippen LogP contribution in [0.15, 0.2) is 18.2 Å². The van der Waals surface area contributed by atoms with Gasteiger partial charge in [0.2, 0.25) is 5.91 Å². The van der Waals surface area contributed by atoms with E-state index in [1.807, 2.05) is 0 Å². The number of anilines is 1. The standard InChI is InChI=1S/C9H10Cl2N2O/c1-5(12)9(14)13-8-3-6(10)2-7(11)4-8/h2-5H,12H2,1H3,(H,13,14)/t5-/m1/s1/i2+1,3+1,4+1,6+1,7+1,8+1. The van der Waals surface area contributed by atoms with Gasteiger partial charge in [-0.3, -0.25) is 4.79 Å². The van der Waals surface area contributed by atoms with Crippen LogP contribution in [0.3, 0.4) is 0 Å². The first-order valence-corrected chi connectivity index (χ1v) is 4.77. The van der Waals surface area contributed by atoms with E-state index in [4.69, 9.17) is 28.9 Å². The van der Waals surface area contributed by atoms with Gasteiger partial charge in [0, 0.05) is 15.7 Å². The molecule has 76 valence electrons. The Balaban J connectivity index is 2.82. The normalized spacial score (nSPS) is 12.3. The van der Waals surface area contributed by atoms with Crippen LogP contribution in [0.5, 0.6) is 0 Å². The minimum atomic E-state index is -0.562. The van der Waals surface area contributed by atoms with E-state index in [1.165, 1.54) is 0 Å². The fourth-order valence-corrected chi connectivity index (χ4v) is 1.41. The topological polar surface area (TPSA) is 55.1 Å². The number of nitrogens with two attached hydrogens (primary N) is 1. The summed E-state index contributed by atoms with van der Waals surface area (Å²) >= 11 is 11.5. The van der Waals surface area contributed by atoms with Crippen molar-refractivity contribution in [3.05, 3.63) is 28.2 Å². The number of carbonyl (C=O) groups is 1. The predicted molar refractivity (Wildman–Crippen MR) is 58.7 cm³/mol. The molecule has 3 N–H and O–H groups in total. The van der Waals surface area contributed by atoms with E-state index in [0.29, 0.717) is 15.7 Å². The zero-order chi connectivity index (χ0) is 10.7. The number of hydrogen-bond donors (Lipinski definition) is 2. The number of hydrogen-bond acceptors (Lipinski definition) is 2. The zero-order valence-corrected chi connectivity index (χ0v) is 9.06. The van der Waals surface area contributed by atoms with Gasteiger partial charge in [-0.05, 0) is 25.1 Å². The number of benzene rings is 1. The third-order valence-electron chi connectivity index (χ3n) is 1.54. The van der Waals surface area contributed by atoms with Crippen molar-refractivity contribution in [1.82, 2.24) is 0 Å². The van der Waals surface area contributed by atoms with E-state index in [-0.39, 0.29) is 5.91 Å². The van der Waals surface area contributed by atoms with Gasteiger partial charge in [-0.2, -0.15) is 0 Å². The minimum Gasteiger partial charge on any atom is -0.325 e. The molecule has 1 amide bonds. The van der Waals surface area contributed by atoms with E-state index in [9.17, 15) is 4.79 Å². The molecule has 0 fully saturated rings. The highest BCUT2D eigenvalue weighted by atomic mass is 35.5. The Morgan fingerprint density at radius 1 is 1.36 bits per heavy atom. The lowest BCUT2D eigenvalue weighted by Gasteiger charge is -2.08. The summed E-state index contributed by atoms with van der Waals surface area (Å²) < 4.78 is 0. The highest BCUT2D eigenvalue weighted by Gasteiger charge is 2.07. The summed E-state index contributed by atoms with van der Waals surface area (Å²) in [4.78, 5) is 11.2. The van der Waals surface area contributed by atoms with Crippen LogP contribution in [-0.4, -0.2) is 11.9 Å². The molecular weight excluding hydrogens is 229 g/mol. The van der Waals surface area contributed by atoms with Crippen molar-refractivity contribution in [2.45, 2.75) is 13.0 Å². The molecule has 0 aliphatic carbocycles. The molecule has 14 heavy (non-hydrogen) atoms. The molecule has 0 spiro atoms. The molecule has 1 atom stereocenters. The summed E-state index contributed by atoms with van der Waals surface area (Å²) in [5.74, 6) is -0.275. The molecule has 0 bridgehead atoms. The quantitative estimate of drug-likeness (QED) is 0.831. The predicted octanol–water partition coefficient (Wildman–Crippen LogP) is 2.28. The van der Waals surface area contributed by atoms with Gasteiger partial charge < -0.3 is 11.1 Å². The summed E-state index contributed by atoms with van der Waals surface area (Å²) in [6.07, 6.45) is 0. The zero-order valence-electron chi connectivity index (χ0n) is 7.55. The fraction of sp³-hybridized carbons (Fsp3) is 0.222. The van der Waals surface area contributed by atoms with Crippen molar-refractivity contribution in [2.75, 3.05) is 5.32 Å². The van der Waals surface area contributed by atoms with E-state index < -0.39 is 6.04 Å². The van der Waals surface area contributed by atoms with Crippen LogP contribution in [0.2, 0.25) is 10.0 Å². The summed E-state index contributed by atoms with van der Waals surface area (Å²) in [6.45, 7) is 1.60. The van der Waals surface area contributed by atoms with Crippen LogP contribution in [0, 0.1) is 0 Å². The van der Waals surface area contributed by atoms with E-state index in [1.54, 1.807) is 25.1 Å². The Kier molecular flexibility index (Phi) is 3.75. The summed E-state index contributed by atoms with van der Waals surface area (Å²) in [5, 5.41) is 3.53. The van der Waals surface area contributed by atoms with Crippen molar-refractivity contribution in [2.24, 2.45) is 5.73 Å². The molecule has 0 aromatic heterocycles. The van der Waals surface area contributed by atoms with Gasteiger partial charge in [0.25, 0.3) is 0 Å². The molecule has 0 radical (unpaired) electrons. The Hall–Kier alpha value is -0.770. The molecule has 0 saturated heterocycles. The molecule has 0 saturated carbocycles. The molecule has 0 heterocycles. The lowest BCUT2D eigenvalue weighted by atomic mass is 10.3. The minimum absolute atomic E-state index is 0.275. The van der Waals surface area contributed by atoms with Crippen LogP contribution in [0.1, 0.15) is 6.92 Å². The van der Waals surface area contributed by atoms with Gasteiger partial charge in [-0.25, -0.2) is 0 Å². The molecule has 1 aromatic carbocycles. The van der Waals surface area contributed by atoms with E-state index in [2.05, 4.69) is 5.32 Å². The smallest absolute Gasteiger partial charge is 0.241 e. The second-order valence-electron chi connectivity index (χ2n) is 2.94. The SMILES string of the molecule is C[C@@H](N)C(=O)N[13c]1[13cH][13c](Cl)[13cH][13c](Cl)[13cH]1. The van der Waals surface area contributed by atoms with Crippen LogP contribution in [-0.2, 0) is 4.79 Å². The van der Waals surface area contributed by atoms with Crippen LogP contribution in [0.25, 0.3) is 0 Å². The maximum absolute atomic E-state index is 11.2. The van der Waals surface area contributed by atoms with Crippen LogP contribution < -0.4 is 11.1 Å². The maximum Gasteiger partial charge on any atom is 0.241 e. The molecule has 5 heteroatoms. The van der Waals surface area contributed by atoms with Gasteiger partial charge in [-0.15, -0.1) is 0 Å². The van der Waals surface area contributed by atoms with E-state index in [0.717, 1.165) is 0 Å². The molecule has 3 nitrogen and oxygen atoms in total. The number of amides is 1. The first-order chi connectivity index (χ1) is 6.49. The number of halogens is 2. The van der Waals surface area contributed by atoms with Crippen LogP contribution >= 0.6 is 23.2 Å². The molecule has 1 rings (SSSR count). The lowest BCUT2D eigenvalue weighted by Crippen LogP contribution is -2.32. The van der Waals surface area contributed by atoms with E-state index >= 15 is 0 Å². The third-order valence-corrected chi connectivity index (χ3v) is 1.98. The summed E-state index contributed by atoms with van der Waals surface area (Å²) in [6, 6.07) is 4.24. The maximum atomic E-state index is 11.2. The average molecular weight is 239 g/mol. The molecule has 0 aliphatic rings. The summed E-state index contributed by atoms with van der Waals surface area (Å²) in [5.41, 5.74) is 5.93. The highest BCUT2D eigenvalue weighted by molar-refractivity contribution is 6.35. The second kappa shape index (κ2) is 4.64. The monoisotopic (exact) mass is 238 g/mol. The van der Waals surface area contributed by atoms with Crippen molar-refractivity contribution >= 4 is 34.8 Å². The van der Waals surface area contributed by atoms with Crippen LogP contribution in [0.4, 0.5) is 5.69 Å². The molecule has 0 aliphatic heterocycles. The van der Waals surface area contributed by atoms with Crippen molar-refractivity contribution < 1.29 is 4.79 Å². The number of nitrogens with one attached hydrogen (secondary N) is 1. The Labute approximate surface area is 92.2 Å². The first kappa shape index (κ1) is 11.3. The van der Waals surface area contributed by atoms with Crippen molar-refractivity contribution in [1.29, 1.82) is 0 Å². The lowest BCUT2D eigenvalue weighted by molar-refractivity contribution is -0.117. The van der Waals surface area contributed by atoms with Gasteiger partial charge in [0.15, 0.2) is 0 Å². The Bertz CT molecular complexity index is 332. The van der Waals surface area contributed by atoms with Gasteiger partial charge in [0.1, 0.15) is 0 Å². The molecule has 1 aromatic rings. The summed E-state index contributed by atoms with van der Waals surface area (Å²) in [7, 11) is 0. The number of carbonyl (C=O) groups excluding carboxylic acids is 1. The van der Waals surface area contributed by atoms with Gasteiger partial charge in [0.05, 0.1) is 6.04 Å². The van der Waals surface area contributed by atoms with Gasteiger partial charge >= 0.3 is 0 Å². The molecule has 0 unspecified atom stereocenters. The highest BCUT2D eigenvalue weighted by Crippen LogP contribution is 2.22. The fourth-order valence-electron chi connectivity index (χ4n) is 0.882. The second-order valence-corrected chi connectivity index (χ2v) is 3.81. The largest absolute Gasteiger partial charge is 0.325 e. The number of rotatable bonds is 2. The Morgan fingerprint density at radius 3 is 2.29 bits per heavy atom. The average Bonchev–Trinajstić information content (AvgIpc) is 2.01. The van der Waals surface area contributed by atoms with Crippen molar-refractivity contribution in [3.63, 3.8) is 0 Å². The first-order valence-electron chi connectivity index (χ1n) is 4.01. The van der Waals surface area contributed by atoms with Gasteiger partial charge in [-0.1, -0.05) is 23.2 Å². The van der Waals surface area contributed by atoms with Crippen molar-refractivity contribution in [3.8, 4) is 0 Å². The third kappa shape index (κ3) is 3.18. The Morgan fingerprint density at radius 2 is 1.86 bits per heavy atom. The molecular formula is C9H10Cl2N2O.